The third-order valence-corrected chi connectivity index (χ3v) is 4.44. The van der Waals surface area contributed by atoms with Gasteiger partial charge in [-0.1, -0.05) is 6.92 Å². The molecule has 7 nitrogen and oxygen atoms in total. The van der Waals surface area contributed by atoms with E-state index in [1.165, 1.54) is 6.20 Å². The monoisotopic (exact) mass is 283 g/mol. The predicted molar refractivity (Wildman–Crippen MR) is 77.0 cm³/mol. The first-order valence-electron chi connectivity index (χ1n) is 6.21. The Morgan fingerprint density at radius 3 is 3.11 bits per heavy atom. The topological polar surface area (TPSA) is 84.2 Å². The number of hydrogen-bond donors (Lipinski definition) is 1. The molecule has 1 aliphatic rings. The zero-order valence-electron chi connectivity index (χ0n) is 11.0. The molecule has 0 aliphatic carbocycles. The second-order valence-electron chi connectivity index (χ2n) is 4.26. The molecule has 104 valence electrons. The fraction of sp³-hybridized carbons (Fsp3) is 0.636. The summed E-state index contributed by atoms with van der Waals surface area (Å²) in [4.78, 5) is 20.8. The Hall–Kier alpha value is -1.57. The fourth-order valence-corrected chi connectivity index (χ4v) is 3.19. The number of aromatic nitrogens is 2. The van der Waals surface area contributed by atoms with E-state index in [0.29, 0.717) is 17.0 Å². The van der Waals surface area contributed by atoms with Crippen molar-refractivity contribution in [2.45, 2.75) is 18.6 Å². The van der Waals surface area contributed by atoms with Gasteiger partial charge in [0.2, 0.25) is 11.8 Å². The maximum atomic E-state index is 11.1. The van der Waals surface area contributed by atoms with Gasteiger partial charge < -0.3 is 10.2 Å². The van der Waals surface area contributed by atoms with Crippen LogP contribution in [0, 0.1) is 10.1 Å². The minimum Gasteiger partial charge on any atom is -0.357 e. The lowest BCUT2D eigenvalue weighted by molar-refractivity contribution is -0.384. The van der Waals surface area contributed by atoms with Gasteiger partial charge in [0, 0.05) is 31.1 Å². The summed E-state index contributed by atoms with van der Waals surface area (Å²) < 4.78 is 0. The molecule has 1 fully saturated rings. The Kier molecular flexibility index (Phi) is 4.41. The third-order valence-electron chi connectivity index (χ3n) is 3.06. The maximum Gasteiger partial charge on any atom is 0.329 e. The van der Waals surface area contributed by atoms with Crippen LogP contribution < -0.4 is 10.2 Å². The van der Waals surface area contributed by atoms with Crippen molar-refractivity contribution in [2.75, 3.05) is 36.1 Å². The first kappa shape index (κ1) is 13.9. The molecule has 0 spiro atoms. The largest absolute Gasteiger partial charge is 0.357 e. The van der Waals surface area contributed by atoms with Gasteiger partial charge in [-0.25, -0.2) is 4.98 Å². The lowest BCUT2D eigenvalue weighted by Crippen LogP contribution is -2.38. The summed E-state index contributed by atoms with van der Waals surface area (Å²) in [6, 6.07) is 0. The average Bonchev–Trinajstić information content (AvgIpc) is 2.46. The molecule has 0 amide bonds. The number of rotatable bonds is 4. The molecular weight excluding hydrogens is 266 g/mol. The highest BCUT2D eigenvalue weighted by atomic mass is 32.2. The molecule has 8 heteroatoms. The van der Waals surface area contributed by atoms with Gasteiger partial charge in [-0.15, -0.1) is 0 Å². The number of nitrogens with zero attached hydrogens (tertiary/aromatic N) is 4. The van der Waals surface area contributed by atoms with Crippen LogP contribution in [0.3, 0.4) is 0 Å². The van der Waals surface area contributed by atoms with Crippen molar-refractivity contribution in [2.24, 2.45) is 0 Å². The molecule has 19 heavy (non-hydrogen) atoms. The van der Waals surface area contributed by atoms with Gasteiger partial charge in [0.05, 0.1) is 4.92 Å². The first-order chi connectivity index (χ1) is 9.15. The molecule has 0 aromatic carbocycles. The van der Waals surface area contributed by atoms with Crippen LogP contribution in [0.1, 0.15) is 13.3 Å². The summed E-state index contributed by atoms with van der Waals surface area (Å²) in [6.45, 7) is 3.71. The Morgan fingerprint density at radius 2 is 2.47 bits per heavy atom. The zero-order chi connectivity index (χ0) is 13.8. The van der Waals surface area contributed by atoms with Gasteiger partial charge in [0.25, 0.3) is 0 Å². The SMILES string of the molecule is CCC1CN(c2nc(NC)ncc2[N+](=O)[O-])CCS1. The molecule has 1 aliphatic heterocycles. The maximum absolute atomic E-state index is 11.1. The number of nitrogens with one attached hydrogen (secondary N) is 1. The number of hydrogen-bond acceptors (Lipinski definition) is 7. The van der Waals surface area contributed by atoms with E-state index < -0.39 is 4.92 Å². The number of anilines is 2. The molecule has 1 aromatic heterocycles. The zero-order valence-corrected chi connectivity index (χ0v) is 11.8. The summed E-state index contributed by atoms with van der Waals surface area (Å²) in [5.74, 6) is 1.80. The molecule has 1 N–H and O–H groups in total. The van der Waals surface area contributed by atoms with Crippen LogP contribution in [-0.2, 0) is 0 Å². The summed E-state index contributed by atoms with van der Waals surface area (Å²) in [7, 11) is 1.70. The van der Waals surface area contributed by atoms with Crippen LogP contribution in [0.15, 0.2) is 6.20 Å². The predicted octanol–water partition coefficient (Wildman–Crippen LogP) is 1.76. The number of nitro groups is 1. The molecule has 2 rings (SSSR count). The molecule has 0 saturated carbocycles. The van der Waals surface area contributed by atoms with Gasteiger partial charge in [0.15, 0.2) is 0 Å². The Morgan fingerprint density at radius 1 is 1.68 bits per heavy atom. The molecule has 0 radical (unpaired) electrons. The summed E-state index contributed by atoms with van der Waals surface area (Å²) in [5.41, 5.74) is -0.0271. The van der Waals surface area contributed by atoms with Crippen molar-refractivity contribution in [3.8, 4) is 0 Å². The van der Waals surface area contributed by atoms with Crippen LogP contribution in [0.5, 0.6) is 0 Å². The van der Waals surface area contributed by atoms with Gasteiger partial charge >= 0.3 is 5.69 Å². The standard InChI is InChI=1S/C11H17N5O2S/c1-3-8-7-15(4-5-19-8)10-9(16(17)18)6-13-11(12-2)14-10/h6,8H,3-5,7H2,1-2H3,(H,12,13,14). The molecule has 1 atom stereocenters. The van der Waals surface area contributed by atoms with Crippen molar-refractivity contribution in [3.05, 3.63) is 16.3 Å². The molecule has 2 heterocycles. The minimum atomic E-state index is -0.419. The van der Waals surface area contributed by atoms with Crippen LogP contribution in [0.4, 0.5) is 17.5 Å². The second-order valence-corrected chi connectivity index (χ2v) is 5.66. The van der Waals surface area contributed by atoms with E-state index in [-0.39, 0.29) is 5.69 Å². The molecule has 1 aromatic rings. The quantitative estimate of drug-likeness (QED) is 0.665. The van der Waals surface area contributed by atoms with E-state index in [4.69, 9.17) is 0 Å². The van der Waals surface area contributed by atoms with Gasteiger partial charge in [0.1, 0.15) is 6.20 Å². The van der Waals surface area contributed by atoms with Crippen LogP contribution >= 0.6 is 11.8 Å². The second kappa shape index (κ2) is 6.05. The van der Waals surface area contributed by atoms with Gasteiger partial charge in [-0.3, -0.25) is 10.1 Å². The van der Waals surface area contributed by atoms with Gasteiger partial charge in [-0.2, -0.15) is 16.7 Å². The van der Waals surface area contributed by atoms with E-state index in [2.05, 4.69) is 22.2 Å². The Balaban J connectivity index is 2.32. The van der Waals surface area contributed by atoms with Crippen LogP contribution in [-0.4, -0.2) is 46.0 Å². The Bertz CT molecular complexity index is 470. The highest BCUT2D eigenvalue weighted by Crippen LogP contribution is 2.30. The summed E-state index contributed by atoms with van der Waals surface area (Å²) in [5, 5.41) is 14.4. The molecular formula is C11H17N5O2S. The highest BCUT2D eigenvalue weighted by molar-refractivity contribution is 8.00. The van der Waals surface area contributed by atoms with Crippen molar-refractivity contribution in [1.29, 1.82) is 0 Å². The van der Waals surface area contributed by atoms with Gasteiger partial charge in [-0.05, 0) is 6.42 Å². The van der Waals surface area contributed by atoms with Crippen LogP contribution in [0.25, 0.3) is 0 Å². The normalized spacial score (nSPS) is 19.3. The first-order valence-corrected chi connectivity index (χ1v) is 7.26. The Labute approximate surface area is 116 Å². The van der Waals surface area contributed by atoms with Crippen molar-refractivity contribution in [1.82, 2.24) is 9.97 Å². The van der Waals surface area contributed by atoms with E-state index >= 15 is 0 Å². The van der Waals surface area contributed by atoms with Crippen molar-refractivity contribution < 1.29 is 4.92 Å². The lowest BCUT2D eigenvalue weighted by atomic mass is 10.3. The smallest absolute Gasteiger partial charge is 0.329 e. The van der Waals surface area contributed by atoms with E-state index in [0.717, 1.165) is 25.3 Å². The summed E-state index contributed by atoms with van der Waals surface area (Å²) >= 11 is 1.92. The van der Waals surface area contributed by atoms with E-state index in [9.17, 15) is 10.1 Å². The lowest BCUT2D eigenvalue weighted by Gasteiger charge is -2.32. The molecule has 1 unspecified atom stereocenters. The highest BCUT2D eigenvalue weighted by Gasteiger charge is 2.27. The molecule has 0 bridgehead atoms. The fourth-order valence-electron chi connectivity index (χ4n) is 2.01. The van der Waals surface area contributed by atoms with Crippen LogP contribution in [0.2, 0.25) is 0 Å². The average molecular weight is 283 g/mol. The van der Waals surface area contributed by atoms with E-state index in [1.54, 1.807) is 7.05 Å². The summed E-state index contributed by atoms with van der Waals surface area (Å²) in [6.07, 6.45) is 2.33. The van der Waals surface area contributed by atoms with Crippen molar-refractivity contribution in [3.63, 3.8) is 0 Å². The van der Waals surface area contributed by atoms with Crippen molar-refractivity contribution >= 4 is 29.2 Å². The third kappa shape index (κ3) is 3.06. The van der Waals surface area contributed by atoms with E-state index in [1.807, 2.05) is 16.7 Å². The number of thioether (sulfide) groups is 1. The molecule has 1 saturated heterocycles. The minimum absolute atomic E-state index is 0.0271.